The third kappa shape index (κ3) is 3.87. The van der Waals surface area contributed by atoms with Crippen LogP contribution in [0.15, 0.2) is 48.7 Å². The lowest BCUT2D eigenvalue weighted by atomic mass is 10.1. The standard InChI is InChI=1S/C20H18N2O5/c23-19(22-9-13-5-6-17-18(7-13)27-12-26-17)11-25-20(24)8-14-10-21-16-4-2-1-3-15(14)16/h1-7,10,21H,8-9,11-12H2,(H,22,23). The van der Waals surface area contributed by atoms with E-state index in [4.69, 9.17) is 14.2 Å². The van der Waals surface area contributed by atoms with Gasteiger partial charge in [-0.1, -0.05) is 24.3 Å². The number of aromatic nitrogens is 1. The molecule has 138 valence electrons. The van der Waals surface area contributed by atoms with Crippen molar-refractivity contribution in [3.8, 4) is 11.5 Å². The Morgan fingerprint density at radius 1 is 1.11 bits per heavy atom. The van der Waals surface area contributed by atoms with Crippen LogP contribution < -0.4 is 14.8 Å². The van der Waals surface area contributed by atoms with Crippen LogP contribution in [-0.2, 0) is 27.3 Å². The van der Waals surface area contributed by atoms with Crippen LogP contribution in [0.25, 0.3) is 10.9 Å². The lowest BCUT2D eigenvalue weighted by Gasteiger charge is -2.07. The molecule has 7 heteroatoms. The first-order valence-electron chi connectivity index (χ1n) is 8.55. The first-order chi connectivity index (χ1) is 13.2. The Morgan fingerprint density at radius 2 is 1.96 bits per heavy atom. The molecule has 3 aromatic rings. The summed E-state index contributed by atoms with van der Waals surface area (Å²) in [6.07, 6.45) is 1.89. The lowest BCUT2D eigenvalue weighted by Crippen LogP contribution is -2.28. The zero-order valence-corrected chi connectivity index (χ0v) is 14.5. The van der Waals surface area contributed by atoms with Crippen molar-refractivity contribution in [3.05, 3.63) is 59.8 Å². The van der Waals surface area contributed by atoms with Gasteiger partial charge in [-0.3, -0.25) is 9.59 Å². The van der Waals surface area contributed by atoms with Gasteiger partial charge in [0.2, 0.25) is 6.79 Å². The van der Waals surface area contributed by atoms with Crippen LogP contribution in [0.5, 0.6) is 11.5 Å². The molecule has 0 fully saturated rings. The summed E-state index contributed by atoms with van der Waals surface area (Å²) in [6.45, 7) is 0.207. The largest absolute Gasteiger partial charge is 0.455 e. The maximum atomic E-state index is 12.0. The molecule has 1 aromatic heterocycles. The number of amides is 1. The summed E-state index contributed by atoms with van der Waals surface area (Å²) in [5, 5.41) is 3.69. The van der Waals surface area contributed by atoms with Crippen LogP contribution in [0, 0.1) is 0 Å². The molecular formula is C20H18N2O5. The summed E-state index contributed by atoms with van der Waals surface area (Å²) in [6, 6.07) is 13.2. The van der Waals surface area contributed by atoms with Gasteiger partial charge in [0.25, 0.3) is 5.91 Å². The quantitative estimate of drug-likeness (QED) is 0.654. The number of rotatable bonds is 6. The fourth-order valence-electron chi connectivity index (χ4n) is 2.93. The van der Waals surface area contributed by atoms with Gasteiger partial charge in [0, 0.05) is 23.6 Å². The number of H-pyrrole nitrogens is 1. The normalized spacial score (nSPS) is 12.1. The molecule has 0 spiro atoms. The molecule has 1 aliphatic rings. The average molecular weight is 366 g/mol. The molecule has 1 amide bonds. The van der Waals surface area contributed by atoms with Crippen LogP contribution in [-0.4, -0.2) is 30.3 Å². The van der Waals surface area contributed by atoms with Gasteiger partial charge in [-0.05, 0) is 29.3 Å². The molecule has 0 unspecified atom stereocenters. The predicted octanol–water partition coefficient (Wildman–Crippen LogP) is 2.30. The van der Waals surface area contributed by atoms with Gasteiger partial charge >= 0.3 is 5.97 Å². The van der Waals surface area contributed by atoms with Gasteiger partial charge in [0.05, 0.1) is 6.42 Å². The van der Waals surface area contributed by atoms with Crippen LogP contribution in [0.4, 0.5) is 0 Å². The van der Waals surface area contributed by atoms with E-state index in [0.717, 1.165) is 22.0 Å². The van der Waals surface area contributed by atoms with Crippen LogP contribution in [0.3, 0.4) is 0 Å². The molecule has 27 heavy (non-hydrogen) atoms. The molecule has 4 rings (SSSR count). The number of ether oxygens (including phenoxy) is 3. The highest BCUT2D eigenvalue weighted by Crippen LogP contribution is 2.32. The van der Waals surface area contributed by atoms with E-state index in [1.807, 2.05) is 36.4 Å². The highest BCUT2D eigenvalue weighted by molar-refractivity contribution is 5.88. The van der Waals surface area contributed by atoms with Gasteiger partial charge in [0.1, 0.15) is 0 Å². The van der Waals surface area contributed by atoms with E-state index in [1.54, 1.807) is 12.3 Å². The van der Waals surface area contributed by atoms with Crippen LogP contribution in [0.2, 0.25) is 0 Å². The minimum Gasteiger partial charge on any atom is -0.455 e. The Labute approximate surface area is 155 Å². The van der Waals surface area contributed by atoms with Crippen molar-refractivity contribution in [2.24, 2.45) is 0 Å². The van der Waals surface area contributed by atoms with Crippen molar-refractivity contribution in [1.82, 2.24) is 10.3 Å². The summed E-state index contributed by atoms with van der Waals surface area (Å²) >= 11 is 0. The van der Waals surface area contributed by atoms with Gasteiger partial charge < -0.3 is 24.5 Å². The van der Waals surface area contributed by atoms with E-state index < -0.39 is 5.97 Å². The molecule has 2 aromatic carbocycles. The number of aromatic amines is 1. The second kappa shape index (κ2) is 7.41. The Morgan fingerprint density at radius 3 is 2.89 bits per heavy atom. The molecule has 2 N–H and O–H groups in total. The Bertz CT molecular complexity index is 995. The molecule has 0 aliphatic carbocycles. The summed E-state index contributed by atoms with van der Waals surface area (Å²) < 4.78 is 15.6. The lowest BCUT2D eigenvalue weighted by molar-refractivity contribution is -0.147. The summed E-state index contributed by atoms with van der Waals surface area (Å²) in [4.78, 5) is 27.0. The zero-order valence-electron chi connectivity index (χ0n) is 14.5. The topological polar surface area (TPSA) is 89.7 Å². The van der Waals surface area contributed by atoms with E-state index in [9.17, 15) is 9.59 Å². The second-order valence-corrected chi connectivity index (χ2v) is 6.16. The SMILES string of the molecule is O=C(COC(=O)Cc1c[nH]c2ccccc12)NCc1ccc2c(c1)OCO2. The highest BCUT2D eigenvalue weighted by atomic mass is 16.7. The molecule has 7 nitrogen and oxygen atoms in total. The van der Waals surface area contributed by atoms with Crippen LogP contribution >= 0.6 is 0 Å². The molecule has 0 atom stereocenters. The molecule has 0 bridgehead atoms. The smallest absolute Gasteiger partial charge is 0.310 e. The molecule has 1 aliphatic heterocycles. The maximum Gasteiger partial charge on any atom is 0.310 e. The Balaban J connectivity index is 1.24. The number of benzene rings is 2. The third-order valence-electron chi connectivity index (χ3n) is 4.30. The number of nitrogens with one attached hydrogen (secondary N) is 2. The van der Waals surface area contributed by atoms with Gasteiger partial charge in [0.15, 0.2) is 18.1 Å². The van der Waals surface area contributed by atoms with E-state index >= 15 is 0 Å². The second-order valence-electron chi connectivity index (χ2n) is 6.16. The van der Waals surface area contributed by atoms with E-state index in [1.165, 1.54) is 0 Å². The fraction of sp³-hybridized carbons (Fsp3) is 0.200. The highest BCUT2D eigenvalue weighted by Gasteiger charge is 2.14. The van der Waals surface area contributed by atoms with E-state index in [2.05, 4.69) is 10.3 Å². The number of esters is 1. The molecule has 0 saturated heterocycles. The Kier molecular flexibility index (Phi) is 4.65. The van der Waals surface area contributed by atoms with E-state index in [0.29, 0.717) is 18.0 Å². The molecule has 0 radical (unpaired) electrons. The zero-order chi connectivity index (χ0) is 18.6. The van der Waals surface area contributed by atoms with Crippen molar-refractivity contribution in [3.63, 3.8) is 0 Å². The number of carbonyl (C=O) groups excluding carboxylic acids is 2. The van der Waals surface area contributed by atoms with Gasteiger partial charge in [-0.25, -0.2) is 0 Å². The first kappa shape index (κ1) is 17.0. The van der Waals surface area contributed by atoms with Crippen LogP contribution in [0.1, 0.15) is 11.1 Å². The molecule has 0 saturated carbocycles. The minimum atomic E-state index is -0.446. The number of carbonyl (C=O) groups is 2. The third-order valence-corrected chi connectivity index (χ3v) is 4.30. The first-order valence-corrected chi connectivity index (χ1v) is 8.55. The van der Waals surface area contributed by atoms with Crippen molar-refractivity contribution >= 4 is 22.8 Å². The van der Waals surface area contributed by atoms with Gasteiger partial charge in [-0.15, -0.1) is 0 Å². The number of para-hydroxylation sites is 1. The summed E-state index contributed by atoms with van der Waals surface area (Å²) in [5.41, 5.74) is 2.68. The van der Waals surface area contributed by atoms with Gasteiger partial charge in [-0.2, -0.15) is 0 Å². The van der Waals surface area contributed by atoms with Crippen molar-refractivity contribution < 1.29 is 23.8 Å². The molecule has 2 heterocycles. The van der Waals surface area contributed by atoms with E-state index in [-0.39, 0.29) is 25.7 Å². The maximum absolute atomic E-state index is 12.0. The summed E-state index contributed by atoms with van der Waals surface area (Å²) in [5.74, 6) is 0.543. The summed E-state index contributed by atoms with van der Waals surface area (Å²) in [7, 11) is 0. The predicted molar refractivity (Wildman–Crippen MR) is 97.4 cm³/mol. The average Bonchev–Trinajstić information content (AvgIpc) is 3.31. The fourth-order valence-corrected chi connectivity index (χ4v) is 2.93. The minimum absolute atomic E-state index is 0.111. The number of fused-ring (bicyclic) bond motifs is 2. The van der Waals surface area contributed by atoms with Crippen molar-refractivity contribution in [2.75, 3.05) is 13.4 Å². The van der Waals surface area contributed by atoms with Crippen molar-refractivity contribution in [1.29, 1.82) is 0 Å². The van der Waals surface area contributed by atoms with Crippen molar-refractivity contribution in [2.45, 2.75) is 13.0 Å². The molecular weight excluding hydrogens is 348 g/mol. The number of hydrogen-bond acceptors (Lipinski definition) is 5. The Hall–Kier alpha value is -3.48. The number of hydrogen-bond donors (Lipinski definition) is 2. The monoisotopic (exact) mass is 366 g/mol.